The Labute approximate surface area is 169 Å². The average molecular weight is 415 g/mol. The minimum Gasteiger partial charge on any atom is -0.298 e. The fourth-order valence-corrected chi connectivity index (χ4v) is 3.82. The lowest BCUT2D eigenvalue weighted by atomic mass is 10.1. The Hall–Kier alpha value is -2.67. The van der Waals surface area contributed by atoms with Crippen molar-refractivity contribution in [2.24, 2.45) is 0 Å². The molecule has 1 amide bonds. The molecule has 0 aliphatic carbocycles. The van der Waals surface area contributed by atoms with Crippen LogP contribution in [0.3, 0.4) is 0 Å². The second kappa shape index (κ2) is 9.01. The van der Waals surface area contributed by atoms with E-state index in [1.54, 1.807) is 54.6 Å². The van der Waals surface area contributed by atoms with Crippen molar-refractivity contribution in [2.45, 2.75) is 17.5 Å². The van der Waals surface area contributed by atoms with E-state index in [1.807, 2.05) is 18.2 Å². The predicted octanol–water partition coefficient (Wildman–Crippen LogP) is 3.68. The van der Waals surface area contributed by atoms with Crippen molar-refractivity contribution in [3.05, 3.63) is 101 Å². The van der Waals surface area contributed by atoms with Crippen molar-refractivity contribution in [1.82, 2.24) is 10.0 Å². The third-order valence-corrected chi connectivity index (χ3v) is 5.72. The van der Waals surface area contributed by atoms with Crippen LogP contribution >= 0.6 is 11.6 Å². The Balaban J connectivity index is 1.80. The molecule has 3 aromatic rings. The minimum atomic E-state index is -3.96. The molecule has 0 aliphatic rings. The van der Waals surface area contributed by atoms with E-state index in [4.69, 9.17) is 11.6 Å². The molecule has 5 nitrogen and oxygen atoms in total. The monoisotopic (exact) mass is 414 g/mol. The van der Waals surface area contributed by atoms with Crippen LogP contribution in [-0.2, 0) is 21.4 Å². The largest absolute Gasteiger partial charge is 0.298 e. The zero-order valence-electron chi connectivity index (χ0n) is 14.9. The molecule has 3 rings (SSSR count). The third kappa shape index (κ3) is 5.19. The molecule has 0 radical (unpaired) electrons. The maximum Gasteiger partial charge on any atom is 0.264 e. The molecule has 0 saturated heterocycles. The molecular weight excluding hydrogens is 396 g/mol. The summed E-state index contributed by atoms with van der Waals surface area (Å²) >= 11 is 5.90. The first-order valence-electron chi connectivity index (χ1n) is 8.60. The number of hydrogen-bond acceptors (Lipinski definition) is 4. The van der Waals surface area contributed by atoms with Crippen molar-refractivity contribution in [2.75, 3.05) is 0 Å². The van der Waals surface area contributed by atoms with Crippen molar-refractivity contribution < 1.29 is 13.2 Å². The van der Waals surface area contributed by atoms with E-state index in [-0.39, 0.29) is 4.90 Å². The fourth-order valence-electron chi connectivity index (χ4n) is 2.68. The third-order valence-electron chi connectivity index (χ3n) is 4.11. The van der Waals surface area contributed by atoms with Crippen molar-refractivity contribution in [3.63, 3.8) is 0 Å². The summed E-state index contributed by atoms with van der Waals surface area (Å²) in [6.45, 7) is 0.371. The van der Waals surface area contributed by atoms with Crippen LogP contribution in [0.5, 0.6) is 0 Å². The minimum absolute atomic E-state index is 0.0351. The van der Waals surface area contributed by atoms with E-state index in [2.05, 4.69) is 10.0 Å². The normalized spacial score (nSPS) is 12.3. The van der Waals surface area contributed by atoms with Crippen LogP contribution in [0.25, 0.3) is 0 Å². The van der Waals surface area contributed by atoms with E-state index in [0.717, 1.165) is 5.56 Å². The molecule has 0 aliphatic heterocycles. The number of nitrogens with one attached hydrogen (secondary N) is 2. The highest BCUT2D eigenvalue weighted by Gasteiger charge is 2.25. The molecule has 0 bridgehead atoms. The summed E-state index contributed by atoms with van der Waals surface area (Å²) in [6.07, 6.45) is 0. The van der Waals surface area contributed by atoms with Gasteiger partial charge < -0.3 is 0 Å². The van der Waals surface area contributed by atoms with Crippen LogP contribution in [0.15, 0.2) is 89.8 Å². The van der Waals surface area contributed by atoms with Gasteiger partial charge >= 0.3 is 0 Å². The number of rotatable bonds is 7. The van der Waals surface area contributed by atoms with Gasteiger partial charge in [0.1, 0.15) is 6.04 Å². The Morgan fingerprint density at radius 1 is 0.857 bits per heavy atom. The zero-order chi connectivity index (χ0) is 20.0. The molecule has 28 heavy (non-hydrogen) atoms. The number of sulfonamides is 1. The molecule has 0 spiro atoms. The van der Waals surface area contributed by atoms with E-state index in [1.165, 1.54) is 12.1 Å². The van der Waals surface area contributed by atoms with E-state index >= 15 is 0 Å². The molecule has 2 N–H and O–H groups in total. The smallest absolute Gasteiger partial charge is 0.264 e. The molecule has 0 unspecified atom stereocenters. The number of hydrogen-bond donors (Lipinski definition) is 2. The van der Waals surface area contributed by atoms with Crippen LogP contribution in [0.1, 0.15) is 17.2 Å². The first kappa shape index (κ1) is 20.1. The molecule has 3 aromatic carbocycles. The lowest BCUT2D eigenvalue weighted by molar-refractivity contribution is -0.121. The summed E-state index contributed by atoms with van der Waals surface area (Å²) in [5, 5.41) is 3.75. The topological polar surface area (TPSA) is 75.3 Å². The Morgan fingerprint density at radius 3 is 2.04 bits per heavy atom. The average Bonchev–Trinajstić information content (AvgIpc) is 2.71. The Bertz CT molecular complexity index is 1020. The van der Waals surface area contributed by atoms with Crippen LogP contribution in [0.4, 0.5) is 0 Å². The van der Waals surface area contributed by atoms with E-state index in [0.29, 0.717) is 17.1 Å². The first-order chi connectivity index (χ1) is 13.5. The molecule has 0 heterocycles. The van der Waals surface area contributed by atoms with Gasteiger partial charge in [-0.1, -0.05) is 72.3 Å². The highest BCUT2D eigenvalue weighted by molar-refractivity contribution is 7.90. The molecule has 0 saturated carbocycles. The van der Waals surface area contributed by atoms with E-state index < -0.39 is 22.0 Å². The Morgan fingerprint density at radius 2 is 1.43 bits per heavy atom. The second-order valence-electron chi connectivity index (χ2n) is 6.13. The zero-order valence-corrected chi connectivity index (χ0v) is 16.5. The maximum atomic E-state index is 12.8. The number of carbonyl (C=O) groups is 1. The summed E-state index contributed by atoms with van der Waals surface area (Å²) in [4.78, 5) is 12.9. The fraction of sp³-hybridized carbons (Fsp3) is 0.0952. The van der Waals surface area contributed by atoms with Crippen molar-refractivity contribution in [1.29, 1.82) is 0 Å². The quantitative estimate of drug-likeness (QED) is 0.618. The number of benzene rings is 3. The van der Waals surface area contributed by atoms with Gasteiger partial charge in [-0.25, -0.2) is 13.1 Å². The summed E-state index contributed by atoms with van der Waals surface area (Å²) in [7, 11) is -3.96. The molecule has 144 valence electrons. The predicted molar refractivity (Wildman–Crippen MR) is 109 cm³/mol. The molecular formula is C21H19ClN2O3S. The van der Waals surface area contributed by atoms with Crippen molar-refractivity contribution >= 4 is 27.5 Å². The maximum absolute atomic E-state index is 12.8. The standard InChI is InChI=1S/C21H19ClN2O3S/c22-18-13-11-16(12-14-18)15-23-20(17-7-3-1-4-8-17)21(25)24-28(26,27)19-9-5-2-6-10-19/h1-14,20,23H,15H2,(H,24,25)/t20-/m1/s1. The van der Waals surface area contributed by atoms with Gasteiger partial charge in [-0.3, -0.25) is 10.1 Å². The van der Waals surface area contributed by atoms with Crippen molar-refractivity contribution in [3.8, 4) is 0 Å². The molecule has 0 aromatic heterocycles. The highest BCUT2D eigenvalue weighted by atomic mass is 35.5. The number of halogens is 1. The summed E-state index contributed by atoms with van der Waals surface area (Å²) in [5.41, 5.74) is 1.58. The van der Waals surface area contributed by atoms with Gasteiger partial charge in [-0.15, -0.1) is 0 Å². The SMILES string of the molecule is O=C(NS(=O)(=O)c1ccccc1)[C@H](NCc1ccc(Cl)cc1)c1ccccc1. The summed E-state index contributed by atoms with van der Waals surface area (Å²) < 4.78 is 27.2. The second-order valence-corrected chi connectivity index (χ2v) is 8.25. The Kier molecular flexibility index (Phi) is 6.46. The molecule has 0 fully saturated rings. The van der Waals surface area contributed by atoms with Crippen LogP contribution in [0, 0.1) is 0 Å². The van der Waals surface area contributed by atoms with Gasteiger partial charge in [0.15, 0.2) is 0 Å². The highest BCUT2D eigenvalue weighted by Crippen LogP contribution is 2.17. The lowest BCUT2D eigenvalue weighted by Crippen LogP contribution is -2.40. The van der Waals surface area contributed by atoms with Crippen LogP contribution in [0.2, 0.25) is 5.02 Å². The van der Waals surface area contributed by atoms with Gasteiger partial charge in [0.25, 0.3) is 15.9 Å². The van der Waals surface area contributed by atoms with Gasteiger partial charge in [-0.05, 0) is 35.4 Å². The van der Waals surface area contributed by atoms with Gasteiger partial charge in [0.05, 0.1) is 4.90 Å². The summed E-state index contributed by atoms with van der Waals surface area (Å²) in [6, 6.07) is 23.1. The van der Waals surface area contributed by atoms with Crippen LogP contribution in [-0.4, -0.2) is 14.3 Å². The van der Waals surface area contributed by atoms with Gasteiger partial charge in [0.2, 0.25) is 0 Å². The number of carbonyl (C=O) groups excluding carboxylic acids is 1. The van der Waals surface area contributed by atoms with Crippen LogP contribution < -0.4 is 10.0 Å². The number of amides is 1. The first-order valence-corrected chi connectivity index (χ1v) is 10.5. The molecule has 7 heteroatoms. The van der Waals surface area contributed by atoms with E-state index in [9.17, 15) is 13.2 Å². The summed E-state index contributed by atoms with van der Waals surface area (Å²) in [5.74, 6) is -0.649. The van der Waals surface area contributed by atoms with Gasteiger partial charge in [0, 0.05) is 11.6 Å². The lowest BCUT2D eigenvalue weighted by Gasteiger charge is -2.19. The van der Waals surface area contributed by atoms with Gasteiger partial charge in [-0.2, -0.15) is 0 Å². The molecule has 1 atom stereocenters.